The second-order valence-electron chi connectivity index (χ2n) is 6.01. The number of thiophene rings is 1. The van der Waals surface area contributed by atoms with Gasteiger partial charge in [-0.2, -0.15) is 9.78 Å². The summed E-state index contributed by atoms with van der Waals surface area (Å²) in [5, 5.41) is 7.02. The Morgan fingerprint density at radius 1 is 1.19 bits per heavy atom. The molecule has 134 valence electrons. The molecule has 1 N–H and O–H groups in total. The molecule has 0 bridgehead atoms. The minimum atomic E-state index is -0.411. The highest BCUT2D eigenvalue weighted by molar-refractivity contribution is 7.12. The van der Waals surface area contributed by atoms with Gasteiger partial charge in [0.05, 0.1) is 11.7 Å². The van der Waals surface area contributed by atoms with E-state index in [1.165, 1.54) is 41.3 Å². The van der Waals surface area contributed by atoms with Crippen molar-refractivity contribution >= 4 is 17.2 Å². The largest absolute Gasteiger partial charge is 0.344 e. The van der Waals surface area contributed by atoms with Gasteiger partial charge in [0.2, 0.25) is 0 Å². The summed E-state index contributed by atoms with van der Waals surface area (Å²) in [5.74, 6) is -0.789. The Kier molecular flexibility index (Phi) is 4.99. The van der Waals surface area contributed by atoms with Crippen LogP contribution in [0.5, 0.6) is 0 Å². The van der Waals surface area contributed by atoms with Crippen LogP contribution in [0.3, 0.4) is 0 Å². The minimum absolute atomic E-state index is 0.116. The van der Waals surface area contributed by atoms with Gasteiger partial charge in [-0.3, -0.25) is 9.59 Å². The lowest BCUT2D eigenvalue weighted by Crippen LogP contribution is -2.30. The van der Waals surface area contributed by atoms with Crippen molar-refractivity contribution in [3.8, 4) is 5.69 Å². The number of nitrogens with one attached hydrogen (secondary N) is 1. The van der Waals surface area contributed by atoms with Crippen molar-refractivity contribution in [1.82, 2.24) is 15.1 Å². The molecule has 26 heavy (non-hydrogen) atoms. The summed E-state index contributed by atoms with van der Waals surface area (Å²) in [7, 11) is 0. The average molecular weight is 371 g/mol. The maximum absolute atomic E-state index is 13.1. The molecule has 3 aromatic rings. The normalized spacial score (nSPS) is 12.0. The van der Waals surface area contributed by atoms with Crippen molar-refractivity contribution in [1.29, 1.82) is 0 Å². The zero-order valence-corrected chi connectivity index (χ0v) is 15.4. The third-order valence-electron chi connectivity index (χ3n) is 4.00. The van der Waals surface area contributed by atoms with Gasteiger partial charge in [0.1, 0.15) is 11.5 Å². The molecule has 1 aromatic carbocycles. The first kappa shape index (κ1) is 18.0. The number of benzene rings is 1. The van der Waals surface area contributed by atoms with Crippen molar-refractivity contribution in [2.75, 3.05) is 0 Å². The van der Waals surface area contributed by atoms with E-state index in [-0.39, 0.29) is 17.6 Å². The van der Waals surface area contributed by atoms with Gasteiger partial charge in [-0.1, -0.05) is 0 Å². The highest BCUT2D eigenvalue weighted by Gasteiger charge is 2.17. The molecule has 1 amide bonds. The summed E-state index contributed by atoms with van der Waals surface area (Å²) in [5.41, 5.74) is 1.17. The van der Waals surface area contributed by atoms with E-state index in [1.807, 2.05) is 20.8 Å². The van der Waals surface area contributed by atoms with E-state index in [9.17, 15) is 14.0 Å². The maximum Gasteiger partial charge on any atom is 0.272 e. The summed E-state index contributed by atoms with van der Waals surface area (Å²) < 4.78 is 14.2. The van der Waals surface area contributed by atoms with Crippen LogP contribution in [0.25, 0.3) is 5.69 Å². The molecule has 0 aliphatic rings. The SMILES string of the molecule is Cc1cc([C@@H](C)NC(=O)c2ccc(=O)n(-c3ccc(F)cc3)n2)c(C)s1. The highest BCUT2D eigenvalue weighted by atomic mass is 32.1. The van der Waals surface area contributed by atoms with Crippen molar-refractivity contribution in [3.05, 3.63) is 79.6 Å². The first-order valence-corrected chi connectivity index (χ1v) is 8.91. The number of aryl methyl sites for hydroxylation is 2. The second kappa shape index (κ2) is 7.21. The van der Waals surface area contributed by atoms with Gasteiger partial charge in [0.25, 0.3) is 11.5 Å². The summed E-state index contributed by atoms with van der Waals surface area (Å²) in [4.78, 5) is 26.9. The molecule has 3 rings (SSSR count). The summed E-state index contributed by atoms with van der Waals surface area (Å²) in [6, 6.07) is 9.88. The third kappa shape index (κ3) is 3.72. The van der Waals surface area contributed by atoms with Gasteiger partial charge >= 0.3 is 0 Å². The maximum atomic E-state index is 13.1. The minimum Gasteiger partial charge on any atom is -0.344 e. The number of carbonyl (C=O) groups excluding carboxylic acids is 1. The van der Waals surface area contributed by atoms with Crippen LogP contribution in [0.2, 0.25) is 0 Å². The smallest absolute Gasteiger partial charge is 0.272 e. The Balaban J connectivity index is 1.86. The topological polar surface area (TPSA) is 64.0 Å². The Hall–Kier alpha value is -2.80. The van der Waals surface area contributed by atoms with Gasteiger partial charge in [0, 0.05) is 15.8 Å². The predicted molar refractivity (Wildman–Crippen MR) is 99.5 cm³/mol. The Labute approximate surface area is 154 Å². The Morgan fingerprint density at radius 3 is 2.50 bits per heavy atom. The molecular formula is C19H18FN3O2S. The molecule has 0 aliphatic heterocycles. The fraction of sp³-hybridized carbons (Fsp3) is 0.211. The molecule has 0 spiro atoms. The molecule has 0 radical (unpaired) electrons. The van der Waals surface area contributed by atoms with Crippen LogP contribution in [-0.2, 0) is 0 Å². The van der Waals surface area contributed by atoms with E-state index in [1.54, 1.807) is 11.3 Å². The molecule has 2 heterocycles. The van der Waals surface area contributed by atoms with Crippen LogP contribution in [0.15, 0.2) is 47.3 Å². The standard InChI is InChI=1S/C19H18FN3O2S/c1-11-10-16(13(3)26-11)12(2)21-19(25)17-8-9-18(24)23(22-17)15-6-4-14(20)5-7-15/h4-10,12H,1-3H3,(H,21,25)/t12-/m1/s1. The lowest BCUT2D eigenvalue weighted by atomic mass is 10.1. The van der Waals surface area contributed by atoms with E-state index in [4.69, 9.17) is 0 Å². The number of rotatable bonds is 4. The van der Waals surface area contributed by atoms with E-state index in [0.29, 0.717) is 5.69 Å². The number of halogens is 1. The molecule has 5 nitrogen and oxygen atoms in total. The Morgan fingerprint density at radius 2 is 1.88 bits per heavy atom. The van der Waals surface area contributed by atoms with E-state index in [0.717, 1.165) is 15.1 Å². The van der Waals surface area contributed by atoms with Crippen LogP contribution in [-0.4, -0.2) is 15.7 Å². The number of hydrogen-bond donors (Lipinski definition) is 1. The molecule has 2 aromatic heterocycles. The monoisotopic (exact) mass is 371 g/mol. The van der Waals surface area contributed by atoms with Gasteiger partial charge in [-0.15, -0.1) is 11.3 Å². The van der Waals surface area contributed by atoms with Crippen LogP contribution < -0.4 is 10.9 Å². The van der Waals surface area contributed by atoms with Gasteiger partial charge in [-0.25, -0.2) is 4.39 Å². The van der Waals surface area contributed by atoms with Crippen LogP contribution >= 0.6 is 11.3 Å². The van der Waals surface area contributed by atoms with Crippen molar-refractivity contribution in [2.24, 2.45) is 0 Å². The van der Waals surface area contributed by atoms with Crippen molar-refractivity contribution in [3.63, 3.8) is 0 Å². The summed E-state index contributed by atoms with van der Waals surface area (Å²) in [6.45, 7) is 5.95. The van der Waals surface area contributed by atoms with Crippen molar-refractivity contribution < 1.29 is 9.18 Å². The molecular weight excluding hydrogens is 353 g/mol. The summed E-state index contributed by atoms with van der Waals surface area (Å²) >= 11 is 1.68. The van der Waals surface area contributed by atoms with Gasteiger partial charge in [-0.05, 0) is 62.7 Å². The molecule has 0 saturated heterocycles. The fourth-order valence-electron chi connectivity index (χ4n) is 2.73. The quantitative estimate of drug-likeness (QED) is 0.763. The zero-order valence-electron chi connectivity index (χ0n) is 14.6. The van der Waals surface area contributed by atoms with Gasteiger partial charge < -0.3 is 5.32 Å². The lowest BCUT2D eigenvalue weighted by Gasteiger charge is -2.14. The molecule has 1 atom stereocenters. The lowest BCUT2D eigenvalue weighted by molar-refractivity contribution is 0.0933. The molecule has 0 aliphatic carbocycles. The van der Waals surface area contributed by atoms with Crippen molar-refractivity contribution in [2.45, 2.75) is 26.8 Å². The first-order valence-electron chi connectivity index (χ1n) is 8.09. The predicted octanol–water partition coefficient (Wildman–Crippen LogP) is 3.54. The number of aromatic nitrogens is 2. The van der Waals surface area contributed by atoms with E-state index < -0.39 is 11.4 Å². The number of amides is 1. The fourth-order valence-corrected chi connectivity index (χ4v) is 3.75. The number of carbonyl (C=O) groups is 1. The van der Waals surface area contributed by atoms with E-state index in [2.05, 4.69) is 16.5 Å². The molecule has 0 saturated carbocycles. The number of nitrogens with zero attached hydrogens (tertiary/aromatic N) is 2. The first-order chi connectivity index (χ1) is 12.3. The number of hydrogen-bond acceptors (Lipinski definition) is 4. The van der Waals surface area contributed by atoms with Crippen LogP contribution in [0.1, 0.15) is 38.8 Å². The Bertz CT molecular complexity index is 1010. The van der Waals surface area contributed by atoms with Crippen LogP contribution in [0, 0.1) is 19.7 Å². The average Bonchev–Trinajstić information content (AvgIpc) is 2.94. The molecule has 0 fully saturated rings. The summed E-state index contributed by atoms with van der Waals surface area (Å²) in [6.07, 6.45) is 0. The third-order valence-corrected chi connectivity index (χ3v) is 4.98. The highest BCUT2D eigenvalue weighted by Crippen LogP contribution is 2.26. The zero-order chi connectivity index (χ0) is 18.8. The molecule has 0 unspecified atom stereocenters. The molecule has 7 heteroatoms. The second-order valence-corrected chi connectivity index (χ2v) is 7.47. The van der Waals surface area contributed by atoms with Crippen LogP contribution in [0.4, 0.5) is 4.39 Å². The van der Waals surface area contributed by atoms with E-state index >= 15 is 0 Å². The van der Waals surface area contributed by atoms with Gasteiger partial charge in [0.15, 0.2) is 0 Å².